The van der Waals surface area contributed by atoms with E-state index in [0.717, 1.165) is 33.5 Å². The summed E-state index contributed by atoms with van der Waals surface area (Å²) < 4.78 is 4.04. The summed E-state index contributed by atoms with van der Waals surface area (Å²) in [7, 11) is 0. The summed E-state index contributed by atoms with van der Waals surface area (Å²) >= 11 is 5.40. The molecule has 2 aromatic heterocycles. The van der Waals surface area contributed by atoms with E-state index in [0.29, 0.717) is 23.7 Å². The SMILES string of the molecule is Cc1ccc(-c2n[nH]c(=S)n2CC(=O)NCc2cn(Cc3ccccc3)nc2-c2ccccc2)cc1. The molecule has 2 N–H and O–H groups in total. The van der Waals surface area contributed by atoms with E-state index in [-0.39, 0.29) is 12.5 Å². The smallest absolute Gasteiger partial charge is 0.240 e. The van der Waals surface area contributed by atoms with Crippen LogP contribution in [0.3, 0.4) is 0 Å². The number of nitrogens with zero attached hydrogens (tertiary/aromatic N) is 4. The van der Waals surface area contributed by atoms with Gasteiger partial charge in [0.05, 0.1) is 12.2 Å². The van der Waals surface area contributed by atoms with Gasteiger partial charge >= 0.3 is 0 Å². The zero-order valence-corrected chi connectivity index (χ0v) is 20.7. The molecule has 0 aliphatic carbocycles. The molecule has 0 bridgehead atoms. The molecule has 8 heteroatoms. The topological polar surface area (TPSA) is 80.5 Å². The lowest BCUT2D eigenvalue weighted by atomic mass is 10.1. The molecule has 5 rings (SSSR count). The van der Waals surface area contributed by atoms with Crippen LogP contribution in [0.25, 0.3) is 22.6 Å². The third kappa shape index (κ3) is 5.34. The van der Waals surface area contributed by atoms with E-state index >= 15 is 0 Å². The lowest BCUT2D eigenvalue weighted by molar-refractivity contribution is -0.121. The molecule has 0 unspecified atom stereocenters. The van der Waals surface area contributed by atoms with Gasteiger partial charge in [0.1, 0.15) is 6.54 Å². The van der Waals surface area contributed by atoms with Crippen LogP contribution < -0.4 is 5.32 Å². The summed E-state index contributed by atoms with van der Waals surface area (Å²) in [6.07, 6.45) is 2.00. The quantitative estimate of drug-likeness (QED) is 0.293. The number of aromatic nitrogens is 5. The monoisotopic (exact) mass is 494 g/mol. The first kappa shape index (κ1) is 23.4. The van der Waals surface area contributed by atoms with Gasteiger partial charge in [0.15, 0.2) is 10.6 Å². The Labute approximate surface area is 214 Å². The fourth-order valence-corrected chi connectivity index (χ4v) is 4.26. The molecular formula is C28H26N6OS. The summed E-state index contributed by atoms with van der Waals surface area (Å²) in [4.78, 5) is 13.0. The molecule has 0 saturated carbocycles. The molecule has 0 spiro atoms. The third-order valence-corrected chi connectivity index (χ3v) is 6.23. The summed E-state index contributed by atoms with van der Waals surface area (Å²) in [6.45, 7) is 3.10. The standard InChI is InChI=1S/C28H26N6OS/c1-20-12-14-23(15-13-20)27-30-31-28(36)34(27)19-25(35)29-16-24-18-33(17-21-8-4-2-5-9-21)32-26(24)22-10-6-3-7-11-22/h2-15,18H,16-17,19H2,1H3,(H,29,35)(H,31,36). The van der Waals surface area contributed by atoms with Crippen molar-refractivity contribution in [2.24, 2.45) is 0 Å². The van der Waals surface area contributed by atoms with Gasteiger partial charge in [-0.25, -0.2) is 0 Å². The molecule has 0 atom stereocenters. The molecule has 1 amide bonds. The summed E-state index contributed by atoms with van der Waals surface area (Å²) in [5.41, 5.74) is 6.01. The Bertz CT molecular complexity index is 1520. The highest BCUT2D eigenvalue weighted by molar-refractivity contribution is 7.71. The van der Waals surface area contributed by atoms with Crippen molar-refractivity contribution in [1.82, 2.24) is 29.9 Å². The van der Waals surface area contributed by atoms with Crippen molar-refractivity contribution >= 4 is 18.1 Å². The molecule has 3 aromatic carbocycles. The number of aromatic amines is 1. The summed E-state index contributed by atoms with van der Waals surface area (Å²) in [6, 6.07) is 28.2. The van der Waals surface area contributed by atoms with Crippen LogP contribution in [-0.2, 0) is 24.4 Å². The van der Waals surface area contributed by atoms with Gasteiger partial charge in [0, 0.05) is 29.4 Å². The van der Waals surface area contributed by atoms with Crippen molar-refractivity contribution < 1.29 is 4.79 Å². The minimum absolute atomic E-state index is 0.0668. The predicted octanol–water partition coefficient (Wildman–Crippen LogP) is 5.14. The average Bonchev–Trinajstić information content (AvgIpc) is 3.47. The van der Waals surface area contributed by atoms with Crippen LogP contribution in [0.5, 0.6) is 0 Å². The van der Waals surface area contributed by atoms with Gasteiger partial charge in [0.25, 0.3) is 0 Å². The molecule has 2 heterocycles. The lowest BCUT2D eigenvalue weighted by Crippen LogP contribution is -2.27. The molecule has 7 nitrogen and oxygen atoms in total. The summed E-state index contributed by atoms with van der Waals surface area (Å²) in [5, 5.41) is 15.0. The van der Waals surface area contributed by atoms with Gasteiger partial charge in [-0.05, 0) is 24.7 Å². The number of amides is 1. The normalized spacial score (nSPS) is 10.9. The van der Waals surface area contributed by atoms with Crippen LogP contribution in [-0.4, -0.2) is 30.5 Å². The van der Waals surface area contributed by atoms with Gasteiger partial charge in [0.2, 0.25) is 5.91 Å². The molecule has 0 saturated heterocycles. The molecule has 5 aromatic rings. The van der Waals surface area contributed by atoms with Crippen LogP contribution in [0.1, 0.15) is 16.7 Å². The van der Waals surface area contributed by atoms with Crippen molar-refractivity contribution in [3.8, 4) is 22.6 Å². The van der Waals surface area contributed by atoms with Crippen LogP contribution in [0.4, 0.5) is 0 Å². The van der Waals surface area contributed by atoms with Crippen LogP contribution in [0.15, 0.2) is 91.1 Å². The Kier molecular flexibility index (Phi) is 6.86. The number of aryl methyl sites for hydroxylation is 1. The van der Waals surface area contributed by atoms with Gasteiger partial charge in [-0.2, -0.15) is 10.2 Å². The van der Waals surface area contributed by atoms with Crippen molar-refractivity contribution in [1.29, 1.82) is 0 Å². The molecule has 0 aliphatic heterocycles. The highest BCUT2D eigenvalue weighted by atomic mass is 32.1. The van der Waals surface area contributed by atoms with Crippen molar-refractivity contribution in [3.63, 3.8) is 0 Å². The van der Waals surface area contributed by atoms with Gasteiger partial charge in [-0.15, -0.1) is 0 Å². The van der Waals surface area contributed by atoms with Crippen LogP contribution in [0.2, 0.25) is 0 Å². The van der Waals surface area contributed by atoms with Gasteiger partial charge < -0.3 is 5.32 Å². The fourth-order valence-electron chi connectivity index (χ4n) is 4.06. The molecular weight excluding hydrogens is 468 g/mol. The van der Waals surface area contributed by atoms with E-state index < -0.39 is 0 Å². The molecule has 36 heavy (non-hydrogen) atoms. The zero-order valence-electron chi connectivity index (χ0n) is 19.9. The minimum atomic E-state index is -0.157. The highest BCUT2D eigenvalue weighted by Crippen LogP contribution is 2.23. The fraction of sp³-hybridized carbons (Fsp3) is 0.143. The van der Waals surface area contributed by atoms with Crippen molar-refractivity contribution in [2.75, 3.05) is 0 Å². The average molecular weight is 495 g/mol. The van der Waals surface area contributed by atoms with E-state index in [2.05, 4.69) is 27.6 Å². The molecule has 180 valence electrons. The number of carbonyl (C=O) groups is 1. The maximum Gasteiger partial charge on any atom is 0.240 e. The van der Waals surface area contributed by atoms with E-state index in [9.17, 15) is 4.79 Å². The minimum Gasteiger partial charge on any atom is -0.350 e. The Morgan fingerprint density at radius 3 is 2.36 bits per heavy atom. The Hall–Kier alpha value is -4.30. The largest absolute Gasteiger partial charge is 0.350 e. The van der Waals surface area contributed by atoms with Gasteiger partial charge in [-0.3, -0.25) is 19.1 Å². The molecule has 0 aliphatic rings. The number of rotatable bonds is 8. The Morgan fingerprint density at radius 1 is 0.944 bits per heavy atom. The second-order valence-corrected chi connectivity index (χ2v) is 9.02. The second-order valence-electron chi connectivity index (χ2n) is 8.63. The first-order valence-corrected chi connectivity index (χ1v) is 12.1. The number of nitrogens with one attached hydrogen (secondary N) is 2. The molecule has 0 fully saturated rings. The maximum atomic E-state index is 13.0. The Balaban J connectivity index is 1.34. The third-order valence-electron chi connectivity index (χ3n) is 5.92. The van der Waals surface area contributed by atoms with E-state index in [1.807, 2.05) is 90.6 Å². The first-order chi connectivity index (χ1) is 17.6. The number of hydrogen-bond acceptors (Lipinski definition) is 4. The second kappa shape index (κ2) is 10.5. The maximum absolute atomic E-state index is 13.0. The van der Waals surface area contributed by atoms with Gasteiger partial charge in [-0.1, -0.05) is 90.5 Å². The Morgan fingerprint density at radius 2 is 1.64 bits per heavy atom. The van der Waals surface area contributed by atoms with Crippen molar-refractivity contribution in [3.05, 3.63) is 113 Å². The summed E-state index contributed by atoms with van der Waals surface area (Å²) in [5.74, 6) is 0.478. The van der Waals surface area contributed by atoms with Crippen molar-refractivity contribution in [2.45, 2.75) is 26.6 Å². The number of H-pyrrole nitrogens is 1. The first-order valence-electron chi connectivity index (χ1n) is 11.7. The highest BCUT2D eigenvalue weighted by Gasteiger charge is 2.15. The van der Waals surface area contributed by atoms with Crippen LogP contribution >= 0.6 is 12.2 Å². The molecule has 0 radical (unpaired) electrons. The number of benzene rings is 3. The van der Waals surface area contributed by atoms with E-state index in [1.165, 1.54) is 0 Å². The van der Waals surface area contributed by atoms with E-state index in [1.54, 1.807) is 4.57 Å². The lowest BCUT2D eigenvalue weighted by Gasteiger charge is -2.09. The number of carbonyl (C=O) groups excluding carboxylic acids is 1. The van der Waals surface area contributed by atoms with E-state index in [4.69, 9.17) is 17.3 Å². The predicted molar refractivity (Wildman–Crippen MR) is 143 cm³/mol. The zero-order chi connectivity index (χ0) is 24.9. The van der Waals surface area contributed by atoms with Crippen LogP contribution in [0, 0.1) is 11.7 Å². The number of hydrogen-bond donors (Lipinski definition) is 2.